The largest absolute Gasteiger partial charge is 0.496 e. The summed E-state index contributed by atoms with van der Waals surface area (Å²) in [6, 6.07) is 16.9. The van der Waals surface area contributed by atoms with E-state index in [4.69, 9.17) is 9.47 Å². The van der Waals surface area contributed by atoms with Crippen LogP contribution in [0.2, 0.25) is 0 Å². The quantitative estimate of drug-likeness (QED) is 0.451. The van der Waals surface area contributed by atoms with Crippen molar-refractivity contribution in [2.24, 2.45) is 0 Å². The highest BCUT2D eigenvalue weighted by Gasteiger charge is 2.20. The van der Waals surface area contributed by atoms with Gasteiger partial charge in [-0.05, 0) is 30.5 Å². The Morgan fingerprint density at radius 1 is 1.04 bits per heavy atom. The number of amides is 1. The molecule has 146 valence electrons. The number of carbonyl (C=O) groups excluding carboxylic acids is 2. The van der Waals surface area contributed by atoms with Crippen LogP contribution in [0.5, 0.6) is 5.75 Å². The molecule has 1 aliphatic rings. The van der Waals surface area contributed by atoms with Crippen molar-refractivity contribution in [3.63, 3.8) is 0 Å². The molecule has 1 amide bonds. The average molecular weight is 379 g/mol. The van der Waals surface area contributed by atoms with E-state index in [2.05, 4.69) is 5.32 Å². The van der Waals surface area contributed by atoms with Gasteiger partial charge in [-0.3, -0.25) is 4.79 Å². The number of carbonyl (C=O) groups is 2. The lowest BCUT2D eigenvalue weighted by molar-refractivity contribution is -0.143. The molecule has 5 nitrogen and oxygen atoms in total. The third kappa shape index (κ3) is 5.22. The molecule has 0 radical (unpaired) electrons. The maximum atomic E-state index is 12.8. The summed E-state index contributed by atoms with van der Waals surface area (Å²) in [5, 5.41) is 2.93. The van der Waals surface area contributed by atoms with E-state index in [1.54, 1.807) is 13.2 Å². The number of para-hydroxylation sites is 1. The molecule has 0 aliphatic heterocycles. The minimum Gasteiger partial charge on any atom is -0.496 e. The SMILES string of the molecule is COc1ccccc1/C=C(\C(=O)OCC(=O)NC1CCCC1)c1ccccc1. The number of rotatable bonds is 7. The zero-order valence-corrected chi connectivity index (χ0v) is 16.0. The van der Waals surface area contributed by atoms with Crippen molar-refractivity contribution in [2.75, 3.05) is 13.7 Å². The maximum Gasteiger partial charge on any atom is 0.339 e. The van der Waals surface area contributed by atoms with Gasteiger partial charge in [0.1, 0.15) is 5.75 Å². The Hall–Kier alpha value is -3.08. The summed E-state index contributed by atoms with van der Waals surface area (Å²) >= 11 is 0. The second-order valence-corrected chi connectivity index (χ2v) is 6.79. The number of hydrogen-bond donors (Lipinski definition) is 1. The minimum absolute atomic E-state index is 0.198. The van der Waals surface area contributed by atoms with E-state index in [0.29, 0.717) is 11.3 Å². The van der Waals surface area contributed by atoms with Crippen LogP contribution in [0, 0.1) is 0 Å². The topological polar surface area (TPSA) is 64.6 Å². The summed E-state index contributed by atoms with van der Waals surface area (Å²) < 4.78 is 10.7. The first-order chi connectivity index (χ1) is 13.7. The second kappa shape index (κ2) is 9.74. The van der Waals surface area contributed by atoms with E-state index in [1.165, 1.54) is 0 Å². The van der Waals surface area contributed by atoms with E-state index < -0.39 is 5.97 Å². The Morgan fingerprint density at radius 2 is 1.71 bits per heavy atom. The molecule has 5 heteroatoms. The predicted octanol–water partition coefficient (Wildman–Crippen LogP) is 3.84. The van der Waals surface area contributed by atoms with Gasteiger partial charge in [-0.2, -0.15) is 0 Å². The Kier molecular flexibility index (Phi) is 6.84. The van der Waals surface area contributed by atoms with Crippen LogP contribution in [0.25, 0.3) is 11.6 Å². The number of esters is 1. The third-order valence-electron chi connectivity index (χ3n) is 4.80. The molecular formula is C23H25NO4. The first-order valence-corrected chi connectivity index (χ1v) is 9.54. The van der Waals surface area contributed by atoms with Crippen LogP contribution in [0.1, 0.15) is 36.8 Å². The molecule has 0 heterocycles. The summed E-state index contributed by atoms with van der Waals surface area (Å²) in [6.07, 6.45) is 5.96. The van der Waals surface area contributed by atoms with Crippen LogP contribution in [-0.4, -0.2) is 31.6 Å². The molecule has 1 N–H and O–H groups in total. The molecule has 0 saturated heterocycles. The number of ether oxygens (including phenoxy) is 2. The summed E-state index contributed by atoms with van der Waals surface area (Å²) in [6.45, 7) is -0.286. The molecule has 0 bridgehead atoms. The van der Waals surface area contributed by atoms with E-state index in [9.17, 15) is 9.59 Å². The fourth-order valence-electron chi connectivity index (χ4n) is 3.37. The standard InChI is InChI=1S/C23H25NO4/c1-27-21-14-8-5-11-18(21)15-20(17-9-3-2-4-10-17)23(26)28-16-22(25)24-19-12-6-7-13-19/h2-5,8-11,14-15,19H,6-7,12-13,16H2,1H3,(H,24,25)/b20-15-. The lowest BCUT2D eigenvalue weighted by atomic mass is 10.0. The Balaban J connectivity index is 1.76. The van der Waals surface area contributed by atoms with Gasteiger partial charge in [0.05, 0.1) is 12.7 Å². The minimum atomic E-state index is -0.543. The molecular weight excluding hydrogens is 354 g/mol. The number of hydrogen-bond acceptors (Lipinski definition) is 4. The van der Waals surface area contributed by atoms with Crippen molar-refractivity contribution >= 4 is 23.5 Å². The average Bonchev–Trinajstić information content (AvgIpc) is 3.24. The highest BCUT2D eigenvalue weighted by Crippen LogP contribution is 2.25. The van der Waals surface area contributed by atoms with Gasteiger partial charge < -0.3 is 14.8 Å². The Labute approximate surface area is 165 Å². The van der Waals surface area contributed by atoms with Gasteiger partial charge in [0.25, 0.3) is 5.91 Å². The molecule has 1 aliphatic carbocycles. The van der Waals surface area contributed by atoms with Gasteiger partial charge in [0.15, 0.2) is 6.61 Å². The van der Waals surface area contributed by atoms with Crippen LogP contribution >= 0.6 is 0 Å². The van der Waals surface area contributed by atoms with E-state index >= 15 is 0 Å². The summed E-state index contributed by atoms with van der Waals surface area (Å²) in [4.78, 5) is 24.9. The second-order valence-electron chi connectivity index (χ2n) is 6.79. The van der Waals surface area contributed by atoms with Gasteiger partial charge in [0.2, 0.25) is 0 Å². The van der Waals surface area contributed by atoms with Gasteiger partial charge in [-0.15, -0.1) is 0 Å². The molecule has 0 unspecified atom stereocenters. The van der Waals surface area contributed by atoms with Crippen molar-refractivity contribution in [3.8, 4) is 5.75 Å². The molecule has 0 spiro atoms. The van der Waals surface area contributed by atoms with Crippen molar-refractivity contribution in [1.82, 2.24) is 5.32 Å². The maximum absolute atomic E-state index is 12.8. The molecule has 0 atom stereocenters. The predicted molar refractivity (Wildman–Crippen MR) is 109 cm³/mol. The van der Waals surface area contributed by atoms with E-state index in [-0.39, 0.29) is 18.6 Å². The lowest BCUT2D eigenvalue weighted by Crippen LogP contribution is -2.36. The number of benzene rings is 2. The van der Waals surface area contributed by atoms with Gasteiger partial charge in [-0.25, -0.2) is 4.79 Å². The molecule has 0 aromatic heterocycles. The first kappa shape index (κ1) is 19.7. The zero-order chi connectivity index (χ0) is 19.8. The van der Waals surface area contributed by atoms with Crippen molar-refractivity contribution in [2.45, 2.75) is 31.7 Å². The highest BCUT2D eigenvalue weighted by atomic mass is 16.5. The van der Waals surface area contributed by atoms with E-state index in [1.807, 2.05) is 54.6 Å². The third-order valence-corrected chi connectivity index (χ3v) is 4.80. The van der Waals surface area contributed by atoms with Crippen LogP contribution in [0.3, 0.4) is 0 Å². The molecule has 2 aromatic rings. The Bertz CT molecular complexity index is 839. The van der Waals surface area contributed by atoms with Crippen LogP contribution < -0.4 is 10.1 Å². The van der Waals surface area contributed by atoms with Crippen molar-refractivity contribution < 1.29 is 19.1 Å². The monoisotopic (exact) mass is 379 g/mol. The van der Waals surface area contributed by atoms with Crippen molar-refractivity contribution in [3.05, 3.63) is 65.7 Å². The number of methoxy groups -OCH3 is 1. The van der Waals surface area contributed by atoms with Gasteiger partial charge in [-0.1, -0.05) is 61.4 Å². The molecule has 2 aromatic carbocycles. The summed E-state index contributed by atoms with van der Waals surface area (Å²) in [5.74, 6) is -0.147. The fraction of sp³-hybridized carbons (Fsp3) is 0.304. The molecule has 3 rings (SSSR count). The highest BCUT2D eigenvalue weighted by molar-refractivity contribution is 6.22. The summed E-state index contributed by atoms with van der Waals surface area (Å²) in [5.41, 5.74) is 1.85. The molecule has 1 saturated carbocycles. The zero-order valence-electron chi connectivity index (χ0n) is 16.0. The van der Waals surface area contributed by atoms with Crippen LogP contribution in [0.15, 0.2) is 54.6 Å². The van der Waals surface area contributed by atoms with Crippen molar-refractivity contribution in [1.29, 1.82) is 0 Å². The smallest absolute Gasteiger partial charge is 0.339 e. The van der Waals surface area contributed by atoms with Crippen LogP contribution in [0.4, 0.5) is 0 Å². The Morgan fingerprint density at radius 3 is 2.43 bits per heavy atom. The normalized spacial score (nSPS) is 14.5. The molecule has 1 fully saturated rings. The summed E-state index contributed by atoms with van der Waals surface area (Å²) in [7, 11) is 1.58. The van der Waals surface area contributed by atoms with Crippen LogP contribution in [-0.2, 0) is 14.3 Å². The first-order valence-electron chi connectivity index (χ1n) is 9.54. The fourth-order valence-corrected chi connectivity index (χ4v) is 3.37. The lowest BCUT2D eigenvalue weighted by Gasteiger charge is -2.13. The van der Waals surface area contributed by atoms with Gasteiger partial charge >= 0.3 is 5.97 Å². The van der Waals surface area contributed by atoms with E-state index in [0.717, 1.165) is 36.8 Å². The molecule has 28 heavy (non-hydrogen) atoms. The van der Waals surface area contributed by atoms with Gasteiger partial charge in [0, 0.05) is 11.6 Å². The number of nitrogens with one attached hydrogen (secondary N) is 1.